The normalized spacial score (nSPS) is 37.1. The van der Waals surface area contributed by atoms with Gasteiger partial charge in [0.05, 0.1) is 12.6 Å². The minimum atomic E-state index is -0.260. The van der Waals surface area contributed by atoms with Crippen molar-refractivity contribution in [2.45, 2.75) is 101 Å². The van der Waals surface area contributed by atoms with Gasteiger partial charge in [-0.1, -0.05) is 43.7 Å². The SMILES string of the molecule is C[C@@H](CC1(c2nn[nH]n2)C2CCCCC2CC2CCCCC21)NCC(=O)N1CCCC1C#N. The average Bonchev–Trinajstić information content (AvgIpc) is 3.55. The number of fused-ring (bicyclic) bond motifs is 2. The minimum Gasteiger partial charge on any atom is -0.326 e. The molecule has 33 heavy (non-hydrogen) atoms. The first kappa shape index (κ1) is 22.8. The summed E-state index contributed by atoms with van der Waals surface area (Å²) in [5, 5.41) is 29.0. The fraction of sp³-hybridized carbons (Fsp3) is 0.880. The molecule has 8 nitrogen and oxygen atoms in total. The Bertz CT molecular complexity index is 827. The van der Waals surface area contributed by atoms with Crippen LogP contribution in [-0.2, 0) is 10.2 Å². The van der Waals surface area contributed by atoms with Crippen LogP contribution in [0, 0.1) is 35.0 Å². The van der Waals surface area contributed by atoms with Gasteiger partial charge in [0.15, 0.2) is 5.82 Å². The van der Waals surface area contributed by atoms with Gasteiger partial charge in [-0.15, -0.1) is 10.2 Å². The molecule has 5 rings (SSSR count). The lowest BCUT2D eigenvalue weighted by atomic mass is 9.46. The van der Waals surface area contributed by atoms with E-state index in [1.54, 1.807) is 4.90 Å². The summed E-state index contributed by atoms with van der Waals surface area (Å²) < 4.78 is 0. The highest BCUT2D eigenvalue weighted by Gasteiger charge is 2.58. The first-order valence-electron chi connectivity index (χ1n) is 13.3. The first-order chi connectivity index (χ1) is 16.1. The summed E-state index contributed by atoms with van der Waals surface area (Å²) >= 11 is 0. The summed E-state index contributed by atoms with van der Waals surface area (Å²) in [7, 11) is 0. The maximum Gasteiger partial charge on any atom is 0.237 e. The topological polar surface area (TPSA) is 111 Å². The zero-order chi connectivity index (χ0) is 22.8. The van der Waals surface area contributed by atoms with E-state index in [9.17, 15) is 10.1 Å². The molecule has 3 saturated carbocycles. The molecule has 4 aliphatic rings. The lowest BCUT2D eigenvalue weighted by molar-refractivity contribution is -0.130. The number of rotatable bonds is 6. The van der Waals surface area contributed by atoms with Crippen LogP contribution >= 0.6 is 0 Å². The third-order valence-corrected chi connectivity index (χ3v) is 9.48. The van der Waals surface area contributed by atoms with Gasteiger partial charge >= 0.3 is 0 Å². The van der Waals surface area contributed by atoms with E-state index in [2.05, 4.69) is 38.9 Å². The molecular weight excluding hydrogens is 414 g/mol. The lowest BCUT2D eigenvalue weighted by Crippen LogP contribution is -2.57. The molecule has 0 aromatic carbocycles. The van der Waals surface area contributed by atoms with Gasteiger partial charge in [-0.2, -0.15) is 10.5 Å². The molecule has 5 unspecified atom stereocenters. The number of carbonyl (C=O) groups excluding carboxylic acids is 1. The smallest absolute Gasteiger partial charge is 0.237 e. The predicted octanol–water partition coefficient (Wildman–Crippen LogP) is 3.34. The Kier molecular flexibility index (Phi) is 6.69. The number of aromatic nitrogens is 4. The number of hydrogen-bond acceptors (Lipinski definition) is 6. The Labute approximate surface area is 197 Å². The van der Waals surface area contributed by atoms with Crippen LogP contribution in [0.1, 0.15) is 89.8 Å². The van der Waals surface area contributed by atoms with Gasteiger partial charge in [-0.3, -0.25) is 4.79 Å². The molecular formula is C25H39N7O. The van der Waals surface area contributed by atoms with Gasteiger partial charge in [-0.25, -0.2) is 0 Å². The Morgan fingerprint density at radius 3 is 2.48 bits per heavy atom. The van der Waals surface area contributed by atoms with Crippen molar-refractivity contribution in [3.8, 4) is 6.07 Å². The van der Waals surface area contributed by atoms with Gasteiger partial charge in [0.1, 0.15) is 6.04 Å². The van der Waals surface area contributed by atoms with Crippen LogP contribution in [0.25, 0.3) is 0 Å². The largest absolute Gasteiger partial charge is 0.326 e. The lowest BCUT2D eigenvalue weighted by Gasteiger charge is -2.58. The van der Waals surface area contributed by atoms with Crippen LogP contribution in [0.3, 0.4) is 0 Å². The Balaban J connectivity index is 1.38. The number of aromatic amines is 1. The minimum absolute atomic E-state index is 0.0502. The number of nitrogens with one attached hydrogen (secondary N) is 2. The molecule has 1 saturated heterocycles. The summed E-state index contributed by atoms with van der Waals surface area (Å²) in [5.74, 6) is 3.68. The maximum atomic E-state index is 12.8. The number of carbonyl (C=O) groups is 1. The average molecular weight is 454 g/mol. The van der Waals surface area contributed by atoms with Gasteiger partial charge in [-0.05, 0) is 69.1 Å². The number of amides is 1. The van der Waals surface area contributed by atoms with E-state index < -0.39 is 0 Å². The molecule has 0 bridgehead atoms. The molecule has 8 heteroatoms. The second kappa shape index (κ2) is 9.69. The predicted molar refractivity (Wildman–Crippen MR) is 124 cm³/mol. The summed E-state index contributed by atoms with van der Waals surface area (Å²) in [5.41, 5.74) is -0.0697. The van der Waals surface area contributed by atoms with Crippen molar-refractivity contribution in [2.24, 2.45) is 23.7 Å². The molecule has 1 aliphatic heterocycles. The van der Waals surface area contributed by atoms with Crippen LogP contribution in [0.2, 0.25) is 0 Å². The molecule has 180 valence electrons. The number of likely N-dealkylation sites (tertiary alicyclic amines) is 1. The van der Waals surface area contributed by atoms with Crippen molar-refractivity contribution >= 4 is 5.91 Å². The van der Waals surface area contributed by atoms with Crippen molar-refractivity contribution in [3.63, 3.8) is 0 Å². The molecule has 2 N–H and O–H groups in total. The highest BCUT2D eigenvalue weighted by molar-refractivity contribution is 5.79. The Hall–Kier alpha value is -2.01. The quantitative estimate of drug-likeness (QED) is 0.683. The summed E-state index contributed by atoms with van der Waals surface area (Å²) in [4.78, 5) is 14.6. The van der Waals surface area contributed by atoms with Crippen LogP contribution in [-0.4, -0.2) is 56.6 Å². The summed E-state index contributed by atoms with van der Waals surface area (Å²) in [6, 6.07) is 2.19. The van der Waals surface area contributed by atoms with E-state index in [0.717, 1.165) is 36.9 Å². The zero-order valence-corrected chi connectivity index (χ0v) is 20.0. The van der Waals surface area contributed by atoms with Gasteiger partial charge in [0.25, 0.3) is 0 Å². The number of hydrogen-bond donors (Lipinski definition) is 2. The van der Waals surface area contributed by atoms with E-state index >= 15 is 0 Å². The molecule has 1 aromatic heterocycles. The molecule has 4 fully saturated rings. The van der Waals surface area contributed by atoms with E-state index in [1.165, 1.54) is 57.8 Å². The van der Waals surface area contributed by atoms with Gasteiger partial charge in [0, 0.05) is 18.0 Å². The van der Waals surface area contributed by atoms with Crippen LogP contribution in [0.5, 0.6) is 0 Å². The zero-order valence-electron chi connectivity index (χ0n) is 20.0. The summed E-state index contributed by atoms with van der Waals surface area (Å²) in [6.45, 7) is 3.21. The van der Waals surface area contributed by atoms with Gasteiger partial charge in [0.2, 0.25) is 5.91 Å². The molecule has 1 amide bonds. The second-order valence-corrected chi connectivity index (χ2v) is 11.2. The molecule has 0 radical (unpaired) electrons. The maximum absolute atomic E-state index is 12.8. The Morgan fingerprint density at radius 2 is 1.85 bits per heavy atom. The standard InChI is InChI=1S/C25H39N7O/c1-17(27-16-23(33)32-12-6-9-20(32)15-26)14-25(24-28-30-31-29-24)21-10-4-2-7-18(21)13-19-8-3-5-11-22(19)25/h17-22,27H,2-14,16H2,1H3,(H,28,29,30,31)/t17-,18?,19?,20?,21?,22?,25?/m0/s1. The van der Waals surface area contributed by atoms with E-state index in [-0.39, 0.29) is 23.4 Å². The van der Waals surface area contributed by atoms with Crippen molar-refractivity contribution in [2.75, 3.05) is 13.1 Å². The summed E-state index contributed by atoms with van der Waals surface area (Å²) in [6.07, 6.45) is 14.5. The monoisotopic (exact) mass is 453 g/mol. The molecule has 1 aromatic rings. The van der Waals surface area contributed by atoms with E-state index in [1.807, 2.05) is 0 Å². The molecule has 2 heterocycles. The van der Waals surface area contributed by atoms with Crippen molar-refractivity contribution in [1.29, 1.82) is 5.26 Å². The van der Waals surface area contributed by atoms with Crippen molar-refractivity contribution in [3.05, 3.63) is 5.82 Å². The third-order valence-electron chi connectivity index (χ3n) is 9.48. The first-order valence-corrected chi connectivity index (χ1v) is 13.3. The highest BCUT2D eigenvalue weighted by atomic mass is 16.2. The van der Waals surface area contributed by atoms with Crippen molar-refractivity contribution in [1.82, 2.24) is 30.8 Å². The van der Waals surface area contributed by atoms with Gasteiger partial charge < -0.3 is 10.2 Å². The highest BCUT2D eigenvalue weighted by Crippen LogP contribution is 2.61. The number of tetrazole rings is 1. The van der Waals surface area contributed by atoms with E-state index in [4.69, 9.17) is 0 Å². The number of H-pyrrole nitrogens is 1. The van der Waals surface area contributed by atoms with Crippen molar-refractivity contribution < 1.29 is 4.79 Å². The molecule has 3 aliphatic carbocycles. The number of nitrogens with zero attached hydrogens (tertiary/aromatic N) is 5. The fourth-order valence-corrected chi connectivity index (χ4v) is 8.23. The van der Waals surface area contributed by atoms with Crippen LogP contribution < -0.4 is 5.32 Å². The van der Waals surface area contributed by atoms with E-state index in [0.29, 0.717) is 24.9 Å². The molecule has 6 atom stereocenters. The third kappa shape index (κ3) is 4.18. The number of nitriles is 1. The van der Waals surface area contributed by atoms with Crippen LogP contribution in [0.15, 0.2) is 0 Å². The second-order valence-electron chi connectivity index (χ2n) is 11.2. The van der Waals surface area contributed by atoms with Crippen LogP contribution in [0.4, 0.5) is 0 Å². The molecule has 0 spiro atoms. The Morgan fingerprint density at radius 1 is 1.15 bits per heavy atom. The fourth-order valence-electron chi connectivity index (χ4n) is 8.23.